The number of imidazole rings is 1. The van der Waals surface area contributed by atoms with Crippen molar-refractivity contribution in [3.05, 3.63) is 75.2 Å². The smallest absolute Gasteiger partial charge is 0.261 e. The SMILES string of the molecule is Cc1cc(Cl)cc2sc(N(CCCn3ccnc3)C(=O)c3ccc(Cl)cc3Cl)nc12. The molecule has 0 aliphatic carbocycles. The molecule has 1 amide bonds. The summed E-state index contributed by atoms with van der Waals surface area (Å²) < 4.78 is 2.91. The highest BCUT2D eigenvalue weighted by atomic mass is 35.5. The Kier molecular flexibility index (Phi) is 6.29. The number of thiazole rings is 1. The highest BCUT2D eigenvalue weighted by Gasteiger charge is 2.23. The molecule has 0 N–H and O–H groups in total. The van der Waals surface area contributed by atoms with Gasteiger partial charge in [0.1, 0.15) is 0 Å². The predicted molar refractivity (Wildman–Crippen MR) is 124 cm³/mol. The average Bonchev–Trinajstić information content (AvgIpc) is 3.34. The lowest BCUT2D eigenvalue weighted by atomic mass is 10.2. The molecule has 4 rings (SSSR count). The Morgan fingerprint density at radius 2 is 2.00 bits per heavy atom. The zero-order valence-electron chi connectivity index (χ0n) is 16.0. The molecule has 2 heterocycles. The van der Waals surface area contributed by atoms with Crippen molar-refractivity contribution in [2.45, 2.75) is 19.9 Å². The molecule has 5 nitrogen and oxygen atoms in total. The molecule has 30 heavy (non-hydrogen) atoms. The van der Waals surface area contributed by atoms with Crippen LogP contribution in [0.2, 0.25) is 15.1 Å². The summed E-state index contributed by atoms with van der Waals surface area (Å²) in [5.74, 6) is -0.217. The highest BCUT2D eigenvalue weighted by Crippen LogP contribution is 2.34. The van der Waals surface area contributed by atoms with Crippen molar-refractivity contribution in [2.24, 2.45) is 0 Å². The van der Waals surface area contributed by atoms with Crippen LogP contribution in [0.4, 0.5) is 5.13 Å². The standard InChI is InChI=1S/C21H17Cl3N4OS/c1-13-9-15(23)11-18-19(13)26-21(30-18)28(7-2-6-27-8-5-25-12-27)20(29)16-4-3-14(22)10-17(16)24/h3-5,8-12H,2,6-7H2,1H3. The molecule has 0 bridgehead atoms. The first kappa shape index (κ1) is 21.1. The Morgan fingerprint density at radius 3 is 2.73 bits per heavy atom. The molecular formula is C21H17Cl3N4OS. The number of benzene rings is 2. The van der Waals surface area contributed by atoms with Crippen LogP contribution in [-0.4, -0.2) is 27.0 Å². The molecule has 0 aliphatic rings. The molecule has 0 saturated carbocycles. The average molecular weight is 480 g/mol. The Balaban J connectivity index is 1.69. The van der Waals surface area contributed by atoms with Crippen molar-refractivity contribution in [3.8, 4) is 0 Å². The number of hydrogen-bond donors (Lipinski definition) is 0. The number of fused-ring (bicyclic) bond motifs is 1. The number of halogens is 3. The van der Waals surface area contributed by atoms with Crippen LogP contribution in [-0.2, 0) is 6.54 Å². The van der Waals surface area contributed by atoms with E-state index in [0.29, 0.717) is 32.3 Å². The second kappa shape index (κ2) is 8.94. The van der Waals surface area contributed by atoms with E-state index in [1.807, 2.05) is 29.8 Å². The third-order valence-electron chi connectivity index (χ3n) is 4.63. The Bertz CT molecular complexity index is 1210. The number of anilines is 1. The lowest BCUT2D eigenvalue weighted by Gasteiger charge is -2.20. The number of aryl methyl sites for hydroxylation is 2. The topological polar surface area (TPSA) is 51.0 Å². The summed E-state index contributed by atoms with van der Waals surface area (Å²) in [5.41, 5.74) is 2.20. The molecule has 0 saturated heterocycles. The van der Waals surface area contributed by atoms with Gasteiger partial charge in [0.2, 0.25) is 0 Å². The molecule has 0 spiro atoms. The van der Waals surface area contributed by atoms with E-state index in [1.165, 1.54) is 11.3 Å². The van der Waals surface area contributed by atoms with Gasteiger partial charge in [0.15, 0.2) is 5.13 Å². The summed E-state index contributed by atoms with van der Waals surface area (Å²) in [5, 5.41) is 2.05. The van der Waals surface area contributed by atoms with Gasteiger partial charge in [-0.1, -0.05) is 46.1 Å². The van der Waals surface area contributed by atoms with E-state index in [2.05, 4.69) is 4.98 Å². The number of carbonyl (C=O) groups excluding carboxylic acids is 1. The van der Waals surface area contributed by atoms with Crippen LogP contribution >= 0.6 is 46.1 Å². The van der Waals surface area contributed by atoms with Crippen molar-refractivity contribution in [1.82, 2.24) is 14.5 Å². The number of aromatic nitrogens is 3. The molecular weight excluding hydrogens is 463 g/mol. The summed E-state index contributed by atoms with van der Waals surface area (Å²) in [6.45, 7) is 3.16. The fraction of sp³-hybridized carbons (Fsp3) is 0.190. The fourth-order valence-corrected chi connectivity index (χ4v) is 5.11. The highest BCUT2D eigenvalue weighted by molar-refractivity contribution is 7.22. The largest absolute Gasteiger partial charge is 0.337 e. The van der Waals surface area contributed by atoms with E-state index in [-0.39, 0.29) is 5.91 Å². The maximum atomic E-state index is 13.4. The Hall–Kier alpha value is -2.12. The molecule has 0 radical (unpaired) electrons. The third-order valence-corrected chi connectivity index (χ3v) is 6.43. The monoisotopic (exact) mass is 478 g/mol. The van der Waals surface area contributed by atoms with E-state index >= 15 is 0 Å². The third kappa shape index (κ3) is 4.47. The number of amides is 1. The zero-order valence-corrected chi connectivity index (χ0v) is 19.1. The number of carbonyl (C=O) groups is 1. The Morgan fingerprint density at radius 1 is 1.17 bits per heavy atom. The van der Waals surface area contributed by atoms with Gasteiger partial charge in [0, 0.05) is 35.5 Å². The normalized spacial score (nSPS) is 11.2. The minimum atomic E-state index is -0.217. The molecule has 0 aliphatic heterocycles. The minimum Gasteiger partial charge on any atom is -0.337 e. The molecule has 0 atom stereocenters. The molecule has 9 heteroatoms. The van der Waals surface area contributed by atoms with Gasteiger partial charge < -0.3 is 4.57 Å². The van der Waals surface area contributed by atoms with Crippen LogP contribution in [0.3, 0.4) is 0 Å². The fourth-order valence-electron chi connectivity index (χ4n) is 3.18. The van der Waals surface area contributed by atoms with Gasteiger partial charge in [-0.2, -0.15) is 0 Å². The van der Waals surface area contributed by atoms with Gasteiger partial charge in [-0.25, -0.2) is 9.97 Å². The van der Waals surface area contributed by atoms with Crippen molar-refractivity contribution in [1.29, 1.82) is 0 Å². The zero-order chi connectivity index (χ0) is 21.3. The Labute approximate surface area is 192 Å². The summed E-state index contributed by atoms with van der Waals surface area (Å²) >= 11 is 20.0. The predicted octanol–water partition coefficient (Wildman–Crippen LogP) is 6.50. The maximum Gasteiger partial charge on any atom is 0.261 e. The molecule has 0 unspecified atom stereocenters. The lowest BCUT2D eigenvalue weighted by Crippen LogP contribution is -2.32. The quantitative estimate of drug-likeness (QED) is 0.317. The molecule has 0 fully saturated rings. The van der Waals surface area contributed by atoms with Crippen LogP contribution in [0.1, 0.15) is 22.3 Å². The van der Waals surface area contributed by atoms with Crippen LogP contribution in [0.25, 0.3) is 10.2 Å². The number of nitrogens with zero attached hydrogens (tertiary/aromatic N) is 4. The number of rotatable bonds is 6. The minimum absolute atomic E-state index is 0.217. The first-order chi connectivity index (χ1) is 14.4. The maximum absolute atomic E-state index is 13.4. The second-order valence-electron chi connectivity index (χ2n) is 6.80. The van der Waals surface area contributed by atoms with Crippen molar-refractivity contribution in [2.75, 3.05) is 11.4 Å². The number of hydrogen-bond acceptors (Lipinski definition) is 4. The van der Waals surface area contributed by atoms with Gasteiger partial charge in [0.25, 0.3) is 5.91 Å². The summed E-state index contributed by atoms with van der Waals surface area (Å²) in [6.07, 6.45) is 6.11. The summed E-state index contributed by atoms with van der Waals surface area (Å²) in [7, 11) is 0. The van der Waals surface area contributed by atoms with Crippen LogP contribution in [0, 0.1) is 6.92 Å². The molecule has 2 aromatic heterocycles. The van der Waals surface area contributed by atoms with E-state index in [0.717, 1.165) is 28.7 Å². The van der Waals surface area contributed by atoms with Crippen LogP contribution in [0.5, 0.6) is 0 Å². The molecule has 4 aromatic rings. The summed E-state index contributed by atoms with van der Waals surface area (Å²) in [4.78, 5) is 23.9. The van der Waals surface area contributed by atoms with Crippen LogP contribution < -0.4 is 4.90 Å². The van der Waals surface area contributed by atoms with Crippen molar-refractivity contribution < 1.29 is 4.79 Å². The van der Waals surface area contributed by atoms with Gasteiger partial charge in [0.05, 0.1) is 27.1 Å². The van der Waals surface area contributed by atoms with Gasteiger partial charge in [-0.3, -0.25) is 9.69 Å². The van der Waals surface area contributed by atoms with Crippen LogP contribution in [0.15, 0.2) is 49.1 Å². The molecule has 2 aromatic carbocycles. The second-order valence-corrected chi connectivity index (χ2v) is 9.09. The first-order valence-corrected chi connectivity index (χ1v) is 11.2. The van der Waals surface area contributed by atoms with Crippen molar-refractivity contribution in [3.63, 3.8) is 0 Å². The lowest BCUT2D eigenvalue weighted by molar-refractivity contribution is 0.0986. The van der Waals surface area contributed by atoms with E-state index < -0.39 is 0 Å². The van der Waals surface area contributed by atoms with Gasteiger partial charge in [-0.05, 0) is 49.2 Å². The van der Waals surface area contributed by atoms with Crippen molar-refractivity contribution >= 4 is 67.4 Å². The van der Waals surface area contributed by atoms with E-state index in [9.17, 15) is 4.79 Å². The first-order valence-electron chi connectivity index (χ1n) is 9.22. The molecule has 154 valence electrons. The van der Waals surface area contributed by atoms with E-state index in [1.54, 1.807) is 35.6 Å². The van der Waals surface area contributed by atoms with Gasteiger partial charge >= 0.3 is 0 Å². The van der Waals surface area contributed by atoms with E-state index in [4.69, 9.17) is 39.8 Å². The summed E-state index contributed by atoms with van der Waals surface area (Å²) in [6, 6.07) is 8.61. The van der Waals surface area contributed by atoms with Gasteiger partial charge in [-0.15, -0.1) is 0 Å².